The van der Waals surface area contributed by atoms with Crippen molar-refractivity contribution in [3.63, 3.8) is 0 Å². The Morgan fingerprint density at radius 2 is 2.13 bits per heavy atom. The zero-order valence-electron chi connectivity index (χ0n) is 12.6. The van der Waals surface area contributed by atoms with Crippen LogP contribution in [0.4, 0.5) is 5.82 Å². The topological polar surface area (TPSA) is 97.3 Å². The fraction of sp³-hybridized carbons (Fsp3) is 0.357. The summed E-state index contributed by atoms with van der Waals surface area (Å²) in [5.41, 5.74) is 0. The smallest absolute Gasteiger partial charge is 0.257 e. The molecule has 0 spiro atoms. The van der Waals surface area contributed by atoms with Gasteiger partial charge in [-0.15, -0.1) is 0 Å². The molecule has 1 unspecified atom stereocenters. The minimum atomic E-state index is -3.57. The van der Waals surface area contributed by atoms with E-state index in [-0.39, 0.29) is 10.9 Å². The molecule has 9 heteroatoms. The van der Waals surface area contributed by atoms with Gasteiger partial charge in [0.1, 0.15) is 4.90 Å². The summed E-state index contributed by atoms with van der Waals surface area (Å²) in [5.74, 6) is 1.06. The average molecular weight is 335 g/mol. The Morgan fingerprint density at radius 1 is 1.30 bits per heavy atom. The van der Waals surface area contributed by atoms with E-state index in [0.717, 1.165) is 0 Å². The van der Waals surface area contributed by atoms with Gasteiger partial charge in [0.15, 0.2) is 5.82 Å². The van der Waals surface area contributed by atoms with Crippen LogP contribution in [-0.4, -0.2) is 49.6 Å². The Bertz CT molecular complexity index is 769. The fourth-order valence-electron chi connectivity index (χ4n) is 2.52. The van der Waals surface area contributed by atoms with Gasteiger partial charge in [-0.25, -0.2) is 23.1 Å². The first-order valence-electron chi connectivity index (χ1n) is 7.12. The first-order valence-corrected chi connectivity index (χ1v) is 8.61. The minimum absolute atomic E-state index is 0.163. The number of nitrogens with one attached hydrogen (secondary N) is 1. The van der Waals surface area contributed by atoms with Crippen molar-refractivity contribution in [1.29, 1.82) is 0 Å². The van der Waals surface area contributed by atoms with Crippen molar-refractivity contribution in [3.8, 4) is 5.88 Å². The third-order valence-corrected chi connectivity index (χ3v) is 5.10. The van der Waals surface area contributed by atoms with Crippen LogP contribution in [0.2, 0.25) is 0 Å². The Morgan fingerprint density at radius 3 is 2.87 bits per heavy atom. The highest BCUT2D eigenvalue weighted by Crippen LogP contribution is 2.26. The molecule has 0 amide bonds. The van der Waals surface area contributed by atoms with Gasteiger partial charge in [0.25, 0.3) is 5.88 Å². The van der Waals surface area contributed by atoms with Crippen LogP contribution in [0.3, 0.4) is 0 Å². The van der Waals surface area contributed by atoms with Crippen molar-refractivity contribution >= 4 is 15.8 Å². The van der Waals surface area contributed by atoms with E-state index >= 15 is 0 Å². The van der Waals surface area contributed by atoms with Crippen molar-refractivity contribution < 1.29 is 13.2 Å². The summed E-state index contributed by atoms with van der Waals surface area (Å²) in [7, 11) is -2.04. The minimum Gasteiger partial charge on any atom is -0.478 e. The van der Waals surface area contributed by atoms with Crippen LogP contribution in [0.25, 0.3) is 0 Å². The number of hydrogen-bond donors (Lipinski definition) is 1. The molecule has 1 aliphatic rings. The summed E-state index contributed by atoms with van der Waals surface area (Å²) < 4.78 is 32.6. The van der Waals surface area contributed by atoms with Crippen molar-refractivity contribution in [2.75, 3.05) is 25.1 Å². The van der Waals surface area contributed by atoms with Gasteiger partial charge in [0.05, 0.1) is 7.11 Å². The van der Waals surface area contributed by atoms with E-state index in [2.05, 4.69) is 19.7 Å². The van der Waals surface area contributed by atoms with Crippen molar-refractivity contribution in [2.45, 2.75) is 17.4 Å². The van der Waals surface area contributed by atoms with Gasteiger partial charge in [-0.2, -0.15) is 0 Å². The first kappa shape index (κ1) is 15.6. The third-order valence-electron chi connectivity index (χ3n) is 3.59. The summed E-state index contributed by atoms with van der Waals surface area (Å²) in [6.45, 7) is 1.18. The summed E-state index contributed by atoms with van der Waals surface area (Å²) in [5, 5.41) is 0. The van der Waals surface area contributed by atoms with E-state index in [1.54, 1.807) is 18.5 Å². The van der Waals surface area contributed by atoms with Crippen LogP contribution >= 0.6 is 0 Å². The largest absolute Gasteiger partial charge is 0.478 e. The molecular weight excluding hydrogens is 318 g/mol. The highest BCUT2D eigenvalue weighted by atomic mass is 32.2. The van der Waals surface area contributed by atoms with E-state index in [9.17, 15) is 8.42 Å². The third kappa shape index (κ3) is 3.40. The van der Waals surface area contributed by atoms with Crippen LogP contribution in [0.15, 0.2) is 41.8 Å². The van der Waals surface area contributed by atoms with Gasteiger partial charge in [-0.05, 0) is 18.6 Å². The molecule has 0 radical (unpaired) electrons. The monoisotopic (exact) mass is 335 g/mol. The maximum atomic E-state index is 12.3. The second-order valence-corrected chi connectivity index (χ2v) is 6.84. The van der Waals surface area contributed by atoms with Gasteiger partial charge in [-0.1, -0.05) is 0 Å². The molecular formula is C14H17N5O3S. The lowest BCUT2D eigenvalue weighted by atomic mass is 10.3. The Labute approximate surface area is 134 Å². The normalized spacial score (nSPS) is 18.1. The standard InChI is InChI=1S/C14H17N5O3S/c1-22-14-13(16-6-7-17-14)19-8-4-11(10-19)18-23(20,21)12-3-2-5-15-9-12/h2-3,5-7,9,11,18H,4,8,10H2,1H3. The second kappa shape index (κ2) is 6.47. The maximum Gasteiger partial charge on any atom is 0.257 e. The van der Waals surface area contributed by atoms with E-state index in [4.69, 9.17) is 4.74 Å². The molecule has 2 aromatic rings. The predicted octanol–water partition coefficient (Wildman–Crippen LogP) is 0.437. The maximum absolute atomic E-state index is 12.3. The predicted molar refractivity (Wildman–Crippen MR) is 83.8 cm³/mol. The number of ether oxygens (including phenoxy) is 1. The zero-order chi connectivity index (χ0) is 16.3. The Hall–Kier alpha value is -2.26. The molecule has 1 aliphatic heterocycles. The number of pyridine rings is 1. The summed E-state index contributed by atoms with van der Waals surface area (Å²) in [6.07, 6.45) is 6.70. The molecule has 23 heavy (non-hydrogen) atoms. The number of hydrogen-bond acceptors (Lipinski definition) is 7. The van der Waals surface area contributed by atoms with Crippen LogP contribution in [-0.2, 0) is 10.0 Å². The van der Waals surface area contributed by atoms with Crippen molar-refractivity contribution in [1.82, 2.24) is 19.7 Å². The van der Waals surface area contributed by atoms with E-state index in [1.165, 1.54) is 25.6 Å². The van der Waals surface area contributed by atoms with Crippen LogP contribution in [0.1, 0.15) is 6.42 Å². The molecule has 1 saturated heterocycles. The van der Waals surface area contributed by atoms with E-state index in [1.807, 2.05) is 4.90 Å². The van der Waals surface area contributed by atoms with Gasteiger partial charge in [0.2, 0.25) is 10.0 Å². The number of anilines is 1. The lowest BCUT2D eigenvalue weighted by molar-refractivity contribution is 0.396. The van der Waals surface area contributed by atoms with Crippen LogP contribution in [0.5, 0.6) is 5.88 Å². The molecule has 1 fully saturated rings. The molecule has 0 bridgehead atoms. The van der Waals surface area contributed by atoms with Crippen molar-refractivity contribution in [3.05, 3.63) is 36.9 Å². The van der Waals surface area contributed by atoms with Gasteiger partial charge >= 0.3 is 0 Å². The molecule has 2 aromatic heterocycles. The Balaban J connectivity index is 1.71. The summed E-state index contributed by atoms with van der Waals surface area (Å²) in [6, 6.07) is 2.92. The molecule has 1 N–H and O–H groups in total. The second-order valence-electron chi connectivity index (χ2n) is 5.13. The highest BCUT2D eigenvalue weighted by Gasteiger charge is 2.29. The van der Waals surface area contributed by atoms with Gasteiger partial charge in [-0.3, -0.25) is 4.98 Å². The number of aromatic nitrogens is 3. The quantitative estimate of drug-likeness (QED) is 0.846. The molecule has 0 aliphatic carbocycles. The van der Waals surface area contributed by atoms with E-state index in [0.29, 0.717) is 31.2 Å². The molecule has 1 atom stereocenters. The number of nitrogens with zero attached hydrogens (tertiary/aromatic N) is 4. The number of rotatable bonds is 5. The molecule has 3 rings (SSSR count). The Kier molecular flexibility index (Phi) is 4.39. The van der Waals surface area contributed by atoms with Crippen LogP contribution < -0.4 is 14.4 Å². The van der Waals surface area contributed by atoms with Crippen molar-refractivity contribution in [2.24, 2.45) is 0 Å². The molecule has 0 aromatic carbocycles. The number of sulfonamides is 1. The first-order chi connectivity index (χ1) is 11.1. The lowest BCUT2D eigenvalue weighted by Gasteiger charge is -2.19. The van der Waals surface area contributed by atoms with Gasteiger partial charge < -0.3 is 9.64 Å². The number of methoxy groups -OCH3 is 1. The summed E-state index contributed by atoms with van der Waals surface area (Å²) >= 11 is 0. The summed E-state index contributed by atoms with van der Waals surface area (Å²) in [4.78, 5) is 14.4. The molecule has 8 nitrogen and oxygen atoms in total. The fourth-order valence-corrected chi connectivity index (χ4v) is 3.75. The SMILES string of the molecule is COc1nccnc1N1CCC(NS(=O)(=O)c2cccnc2)C1. The van der Waals surface area contributed by atoms with Crippen LogP contribution in [0, 0.1) is 0 Å². The molecule has 0 saturated carbocycles. The molecule has 122 valence electrons. The molecule has 3 heterocycles. The average Bonchev–Trinajstić information content (AvgIpc) is 3.03. The van der Waals surface area contributed by atoms with E-state index < -0.39 is 10.0 Å². The lowest BCUT2D eigenvalue weighted by Crippen LogP contribution is -2.37. The highest BCUT2D eigenvalue weighted by molar-refractivity contribution is 7.89. The zero-order valence-corrected chi connectivity index (χ0v) is 13.4. The van der Waals surface area contributed by atoms with Gasteiger partial charge in [0, 0.05) is 43.9 Å².